The summed E-state index contributed by atoms with van der Waals surface area (Å²) in [6.07, 6.45) is 3.20. The van der Waals surface area contributed by atoms with Crippen molar-refractivity contribution in [1.29, 1.82) is 0 Å². The van der Waals surface area contributed by atoms with Gasteiger partial charge in [-0.15, -0.1) is 11.8 Å². The van der Waals surface area contributed by atoms with Crippen molar-refractivity contribution in [3.63, 3.8) is 0 Å². The summed E-state index contributed by atoms with van der Waals surface area (Å²) in [5.41, 5.74) is 0.694. The van der Waals surface area contributed by atoms with Gasteiger partial charge >= 0.3 is 5.69 Å². The number of H-pyrrole nitrogens is 1. The number of rotatable bonds is 5. The van der Waals surface area contributed by atoms with E-state index in [0.29, 0.717) is 5.56 Å². The molecule has 6 heteroatoms. The molecule has 0 unspecified atom stereocenters. The van der Waals surface area contributed by atoms with E-state index in [1.807, 2.05) is 36.6 Å². The first-order chi connectivity index (χ1) is 10.1. The molecule has 0 saturated heterocycles. The van der Waals surface area contributed by atoms with E-state index in [1.165, 1.54) is 16.3 Å². The van der Waals surface area contributed by atoms with Gasteiger partial charge in [-0.05, 0) is 18.7 Å². The number of nitrogens with zero attached hydrogens (tertiary/aromatic N) is 1. The molecule has 1 aromatic carbocycles. The summed E-state index contributed by atoms with van der Waals surface area (Å²) in [5, 5.41) is -0.263. The van der Waals surface area contributed by atoms with E-state index in [0.717, 1.165) is 5.56 Å². The molecule has 0 bridgehead atoms. The third-order valence-electron chi connectivity index (χ3n) is 3.30. The van der Waals surface area contributed by atoms with Crippen molar-refractivity contribution in [2.75, 3.05) is 13.4 Å². The lowest BCUT2D eigenvalue weighted by atomic mass is 10.1. The minimum Gasteiger partial charge on any atom is -0.374 e. The van der Waals surface area contributed by atoms with Crippen LogP contribution < -0.4 is 11.2 Å². The second kappa shape index (κ2) is 6.78. The van der Waals surface area contributed by atoms with Crippen molar-refractivity contribution in [2.24, 2.45) is 0 Å². The Morgan fingerprint density at radius 3 is 2.48 bits per heavy atom. The summed E-state index contributed by atoms with van der Waals surface area (Å²) in [7, 11) is 1.62. The first-order valence-corrected chi connectivity index (χ1v) is 7.80. The molecule has 1 heterocycles. The Morgan fingerprint density at radius 1 is 1.24 bits per heavy atom. The molecule has 0 aliphatic carbocycles. The van der Waals surface area contributed by atoms with Crippen LogP contribution in [0.2, 0.25) is 0 Å². The molecule has 2 rings (SSSR count). The van der Waals surface area contributed by atoms with Gasteiger partial charge in [0, 0.05) is 18.9 Å². The van der Waals surface area contributed by atoms with Crippen molar-refractivity contribution in [3.05, 3.63) is 68.5 Å². The highest BCUT2D eigenvalue weighted by Gasteiger charge is 2.25. The quantitative estimate of drug-likeness (QED) is 0.919. The van der Waals surface area contributed by atoms with E-state index in [-0.39, 0.29) is 17.0 Å². The molecule has 0 amide bonds. The van der Waals surface area contributed by atoms with Gasteiger partial charge in [0.1, 0.15) is 11.5 Å². The lowest BCUT2D eigenvalue weighted by Crippen LogP contribution is -2.34. The Kier molecular flexibility index (Phi) is 5.03. The zero-order valence-corrected chi connectivity index (χ0v) is 13.0. The number of methoxy groups -OCH3 is 1. The van der Waals surface area contributed by atoms with E-state index in [4.69, 9.17) is 4.74 Å². The lowest BCUT2D eigenvalue weighted by Gasteiger charge is -2.26. The SMILES string of the molecule is CO[C@@H](c1ccccc1)[C@H](SC)n1cc(C)c(=O)[nH]c1=O. The molecular formula is C15H18N2O3S. The van der Waals surface area contributed by atoms with Crippen molar-refractivity contribution in [1.82, 2.24) is 9.55 Å². The molecular weight excluding hydrogens is 288 g/mol. The monoisotopic (exact) mass is 306 g/mol. The summed E-state index contributed by atoms with van der Waals surface area (Å²) in [4.78, 5) is 25.9. The molecule has 0 radical (unpaired) electrons. The number of hydrogen-bond acceptors (Lipinski definition) is 4. The number of ether oxygens (including phenoxy) is 1. The number of aromatic nitrogens is 2. The maximum absolute atomic E-state index is 12.1. The van der Waals surface area contributed by atoms with E-state index < -0.39 is 5.69 Å². The third kappa shape index (κ3) is 3.28. The third-order valence-corrected chi connectivity index (χ3v) is 4.26. The second-order valence-corrected chi connectivity index (χ2v) is 5.63. The van der Waals surface area contributed by atoms with Crippen LogP contribution in [-0.4, -0.2) is 22.9 Å². The van der Waals surface area contributed by atoms with Gasteiger partial charge in [-0.3, -0.25) is 14.3 Å². The average molecular weight is 306 g/mol. The van der Waals surface area contributed by atoms with Crippen LogP contribution in [0.3, 0.4) is 0 Å². The van der Waals surface area contributed by atoms with Gasteiger partial charge in [-0.1, -0.05) is 30.3 Å². The second-order valence-electron chi connectivity index (χ2n) is 4.67. The van der Waals surface area contributed by atoms with Gasteiger partial charge in [-0.2, -0.15) is 0 Å². The van der Waals surface area contributed by atoms with Gasteiger partial charge in [-0.25, -0.2) is 4.79 Å². The summed E-state index contributed by atoms with van der Waals surface area (Å²) in [6.45, 7) is 1.68. The summed E-state index contributed by atoms with van der Waals surface area (Å²) >= 11 is 1.50. The van der Waals surface area contributed by atoms with Crippen LogP contribution in [0.15, 0.2) is 46.1 Å². The van der Waals surface area contributed by atoms with Gasteiger partial charge in [0.15, 0.2) is 0 Å². The van der Waals surface area contributed by atoms with Gasteiger partial charge in [0.05, 0.1) is 0 Å². The van der Waals surface area contributed by atoms with Gasteiger partial charge < -0.3 is 4.74 Å². The highest BCUT2D eigenvalue weighted by atomic mass is 32.2. The predicted molar refractivity (Wildman–Crippen MR) is 84.8 cm³/mol. The van der Waals surface area contributed by atoms with Crippen molar-refractivity contribution < 1.29 is 4.74 Å². The Morgan fingerprint density at radius 2 is 1.90 bits per heavy atom. The molecule has 0 saturated carbocycles. The Hall–Kier alpha value is -1.79. The zero-order chi connectivity index (χ0) is 15.4. The number of benzene rings is 1. The smallest absolute Gasteiger partial charge is 0.329 e. The average Bonchev–Trinajstić information content (AvgIpc) is 2.50. The molecule has 0 aliphatic heterocycles. The minimum absolute atomic E-state index is 0.263. The number of hydrogen-bond donors (Lipinski definition) is 1. The number of thioether (sulfide) groups is 1. The molecule has 21 heavy (non-hydrogen) atoms. The fraction of sp³-hybridized carbons (Fsp3) is 0.333. The molecule has 5 nitrogen and oxygen atoms in total. The van der Waals surface area contributed by atoms with Crippen LogP contribution >= 0.6 is 11.8 Å². The molecule has 112 valence electrons. The first-order valence-electron chi connectivity index (χ1n) is 6.51. The fourth-order valence-electron chi connectivity index (χ4n) is 2.22. The van der Waals surface area contributed by atoms with Crippen LogP contribution in [-0.2, 0) is 4.74 Å². The van der Waals surface area contributed by atoms with E-state index >= 15 is 0 Å². The Labute approximate surface area is 127 Å². The molecule has 1 aromatic heterocycles. The summed E-state index contributed by atoms with van der Waals surface area (Å²) < 4.78 is 7.11. The zero-order valence-electron chi connectivity index (χ0n) is 12.2. The molecule has 0 aliphatic rings. The molecule has 2 aromatic rings. The van der Waals surface area contributed by atoms with Crippen LogP contribution in [0.25, 0.3) is 0 Å². The van der Waals surface area contributed by atoms with Crippen LogP contribution in [0.4, 0.5) is 0 Å². The topological polar surface area (TPSA) is 64.1 Å². The highest BCUT2D eigenvalue weighted by Crippen LogP contribution is 2.35. The number of aryl methyl sites for hydroxylation is 1. The number of aromatic amines is 1. The maximum atomic E-state index is 12.1. The standard InChI is InChI=1S/C15H18N2O3S/c1-10-9-17(15(19)16-13(10)18)14(21-3)12(20-2)11-7-5-4-6-8-11/h4-9,12,14H,1-3H3,(H,16,18,19)/t12-,14-/m0/s1. The molecule has 2 atom stereocenters. The normalized spacial score (nSPS) is 13.9. The van der Waals surface area contributed by atoms with Crippen molar-refractivity contribution in [2.45, 2.75) is 18.4 Å². The molecule has 1 N–H and O–H groups in total. The van der Waals surface area contributed by atoms with Crippen LogP contribution in [0, 0.1) is 6.92 Å². The Balaban J connectivity index is 2.50. The fourth-order valence-corrected chi connectivity index (χ4v) is 3.12. The largest absolute Gasteiger partial charge is 0.374 e. The molecule has 0 spiro atoms. The summed E-state index contributed by atoms with van der Waals surface area (Å²) in [5.74, 6) is 0. The van der Waals surface area contributed by atoms with E-state index in [9.17, 15) is 9.59 Å². The van der Waals surface area contributed by atoms with Crippen molar-refractivity contribution >= 4 is 11.8 Å². The van der Waals surface area contributed by atoms with E-state index in [1.54, 1.807) is 20.2 Å². The molecule has 0 fully saturated rings. The van der Waals surface area contributed by atoms with Crippen LogP contribution in [0.5, 0.6) is 0 Å². The summed E-state index contributed by atoms with van der Waals surface area (Å²) in [6, 6.07) is 9.71. The van der Waals surface area contributed by atoms with Gasteiger partial charge in [0.25, 0.3) is 5.56 Å². The first kappa shape index (κ1) is 15.6. The maximum Gasteiger partial charge on any atom is 0.329 e. The minimum atomic E-state index is -0.428. The number of nitrogens with one attached hydrogen (secondary N) is 1. The predicted octanol–water partition coefficient (Wildman–Crippen LogP) is 2.09. The van der Waals surface area contributed by atoms with Crippen molar-refractivity contribution in [3.8, 4) is 0 Å². The van der Waals surface area contributed by atoms with Crippen LogP contribution in [0.1, 0.15) is 22.6 Å². The van der Waals surface area contributed by atoms with E-state index in [2.05, 4.69) is 4.98 Å². The lowest BCUT2D eigenvalue weighted by molar-refractivity contribution is 0.0832. The van der Waals surface area contributed by atoms with Gasteiger partial charge in [0.2, 0.25) is 0 Å². The Bertz CT molecular complexity index is 709. The highest BCUT2D eigenvalue weighted by molar-refractivity contribution is 7.98.